The van der Waals surface area contributed by atoms with Gasteiger partial charge in [0.1, 0.15) is 5.82 Å². The molecule has 2 aromatic heterocycles. The Morgan fingerprint density at radius 1 is 1.30 bits per heavy atom. The van der Waals surface area contributed by atoms with Crippen molar-refractivity contribution in [3.05, 3.63) is 28.2 Å². The third-order valence-corrected chi connectivity index (χ3v) is 5.69. The molecule has 0 bridgehead atoms. The summed E-state index contributed by atoms with van der Waals surface area (Å²) < 4.78 is 2.21. The molecule has 0 radical (unpaired) electrons. The molecule has 2 aliphatic rings. The van der Waals surface area contributed by atoms with E-state index < -0.39 is 0 Å². The van der Waals surface area contributed by atoms with Gasteiger partial charge in [-0.15, -0.1) is 21.5 Å². The van der Waals surface area contributed by atoms with Crippen LogP contribution >= 0.6 is 23.1 Å². The summed E-state index contributed by atoms with van der Waals surface area (Å²) in [6, 6.07) is 3.99. The van der Waals surface area contributed by atoms with Crippen molar-refractivity contribution < 1.29 is 9.59 Å². The van der Waals surface area contributed by atoms with Gasteiger partial charge in [-0.05, 0) is 37.1 Å². The van der Waals surface area contributed by atoms with Gasteiger partial charge in [0, 0.05) is 12.0 Å². The molecule has 2 heterocycles. The Labute approximate surface area is 141 Å². The molecule has 2 aliphatic carbocycles. The van der Waals surface area contributed by atoms with Gasteiger partial charge in [-0.25, -0.2) is 0 Å². The SMILES string of the molecule is O=C(CSc1nnc(C2CC2)n1C1CC1)NC(=O)c1cccs1. The van der Waals surface area contributed by atoms with E-state index in [1.54, 1.807) is 12.1 Å². The molecule has 6 nitrogen and oxygen atoms in total. The van der Waals surface area contributed by atoms with Crippen molar-refractivity contribution >= 4 is 34.9 Å². The van der Waals surface area contributed by atoms with Crippen LogP contribution in [0.3, 0.4) is 0 Å². The summed E-state index contributed by atoms with van der Waals surface area (Å²) in [7, 11) is 0. The lowest BCUT2D eigenvalue weighted by Gasteiger charge is -2.07. The molecule has 23 heavy (non-hydrogen) atoms. The minimum atomic E-state index is -0.340. The van der Waals surface area contributed by atoms with E-state index in [2.05, 4.69) is 20.1 Å². The van der Waals surface area contributed by atoms with Crippen molar-refractivity contribution in [2.24, 2.45) is 0 Å². The van der Waals surface area contributed by atoms with Gasteiger partial charge >= 0.3 is 0 Å². The van der Waals surface area contributed by atoms with Crippen LogP contribution in [0.2, 0.25) is 0 Å². The van der Waals surface area contributed by atoms with Gasteiger partial charge < -0.3 is 4.57 Å². The van der Waals surface area contributed by atoms with Crippen molar-refractivity contribution in [1.29, 1.82) is 0 Å². The fourth-order valence-corrected chi connectivity index (χ4v) is 3.88. The maximum atomic E-state index is 12.0. The molecule has 2 amide bonds. The minimum Gasteiger partial charge on any atom is -0.303 e. The predicted octanol–water partition coefficient (Wildman–Crippen LogP) is 2.60. The van der Waals surface area contributed by atoms with Crippen molar-refractivity contribution in [2.75, 3.05) is 5.75 Å². The average Bonchev–Trinajstić information content (AvgIpc) is 3.47. The van der Waals surface area contributed by atoms with Crippen molar-refractivity contribution in [1.82, 2.24) is 20.1 Å². The van der Waals surface area contributed by atoms with Crippen LogP contribution in [0.1, 0.15) is 53.1 Å². The van der Waals surface area contributed by atoms with E-state index in [4.69, 9.17) is 0 Å². The van der Waals surface area contributed by atoms with Crippen molar-refractivity contribution in [2.45, 2.75) is 42.8 Å². The number of amides is 2. The lowest BCUT2D eigenvalue weighted by atomic mass is 10.4. The number of nitrogens with zero attached hydrogens (tertiary/aromatic N) is 3. The molecule has 0 atom stereocenters. The monoisotopic (exact) mass is 348 g/mol. The highest BCUT2D eigenvalue weighted by Crippen LogP contribution is 2.45. The van der Waals surface area contributed by atoms with Gasteiger partial charge in [-0.2, -0.15) is 0 Å². The Hall–Kier alpha value is -1.67. The number of carbonyl (C=O) groups excluding carboxylic acids is 2. The normalized spacial score (nSPS) is 17.2. The van der Waals surface area contributed by atoms with Gasteiger partial charge in [0.05, 0.1) is 10.6 Å². The smallest absolute Gasteiger partial charge is 0.267 e. The first-order valence-corrected chi connectivity index (χ1v) is 9.54. The number of aromatic nitrogens is 3. The van der Waals surface area contributed by atoms with Gasteiger partial charge in [0.25, 0.3) is 5.91 Å². The van der Waals surface area contributed by atoms with Gasteiger partial charge in [-0.3, -0.25) is 14.9 Å². The number of hydrogen-bond acceptors (Lipinski definition) is 6. The molecule has 4 rings (SSSR count). The molecule has 2 aromatic rings. The second-order valence-electron chi connectivity index (χ2n) is 5.86. The summed E-state index contributed by atoms with van der Waals surface area (Å²) in [5.74, 6) is 1.16. The summed E-state index contributed by atoms with van der Waals surface area (Å²) in [6.07, 6.45) is 4.69. The number of thioether (sulfide) groups is 1. The molecule has 2 fully saturated rings. The highest BCUT2D eigenvalue weighted by Gasteiger charge is 2.36. The molecule has 0 spiro atoms. The Kier molecular flexibility index (Phi) is 3.94. The molecular weight excluding hydrogens is 332 g/mol. The first-order chi connectivity index (χ1) is 11.2. The second kappa shape index (κ2) is 6.09. The van der Waals surface area contributed by atoms with Crippen LogP contribution in [0.25, 0.3) is 0 Å². The van der Waals surface area contributed by atoms with Crippen LogP contribution in [0.4, 0.5) is 0 Å². The predicted molar refractivity (Wildman–Crippen MR) is 87.8 cm³/mol. The molecule has 0 saturated heterocycles. The third kappa shape index (κ3) is 3.32. The van der Waals surface area contributed by atoms with Gasteiger partial charge in [0.2, 0.25) is 5.91 Å². The summed E-state index contributed by atoms with van der Waals surface area (Å²) in [4.78, 5) is 24.4. The van der Waals surface area contributed by atoms with Crippen LogP contribution < -0.4 is 5.32 Å². The maximum Gasteiger partial charge on any atom is 0.267 e. The van der Waals surface area contributed by atoms with E-state index in [0.29, 0.717) is 16.8 Å². The van der Waals surface area contributed by atoms with Crippen molar-refractivity contribution in [3.8, 4) is 0 Å². The van der Waals surface area contributed by atoms with E-state index in [9.17, 15) is 9.59 Å². The molecule has 0 aliphatic heterocycles. The Morgan fingerprint density at radius 2 is 2.13 bits per heavy atom. The van der Waals surface area contributed by atoms with Crippen LogP contribution in [-0.2, 0) is 4.79 Å². The lowest BCUT2D eigenvalue weighted by molar-refractivity contribution is -0.117. The highest BCUT2D eigenvalue weighted by molar-refractivity contribution is 7.99. The maximum absolute atomic E-state index is 12.0. The van der Waals surface area contributed by atoms with E-state index in [-0.39, 0.29) is 17.6 Å². The topological polar surface area (TPSA) is 76.9 Å². The second-order valence-corrected chi connectivity index (χ2v) is 7.75. The number of rotatable bonds is 6. The van der Waals surface area contributed by atoms with E-state index >= 15 is 0 Å². The number of nitrogens with one attached hydrogen (secondary N) is 1. The first kappa shape index (κ1) is 14.9. The molecule has 0 unspecified atom stereocenters. The van der Waals surface area contributed by atoms with Crippen LogP contribution in [0, 0.1) is 0 Å². The lowest BCUT2D eigenvalue weighted by Crippen LogP contribution is -2.31. The zero-order valence-corrected chi connectivity index (χ0v) is 14.0. The zero-order chi connectivity index (χ0) is 15.8. The molecule has 8 heteroatoms. The molecule has 2 saturated carbocycles. The standard InChI is InChI=1S/C15H16N4O2S2/c20-12(16-14(21)11-2-1-7-22-11)8-23-15-18-17-13(9-3-4-9)19(15)10-5-6-10/h1-2,7,9-10H,3-6,8H2,(H,16,20,21). The Balaban J connectivity index is 1.37. The minimum absolute atomic E-state index is 0.173. The van der Waals surface area contributed by atoms with Crippen LogP contribution in [0.5, 0.6) is 0 Å². The van der Waals surface area contributed by atoms with Gasteiger partial charge in [0.15, 0.2) is 5.16 Å². The summed E-state index contributed by atoms with van der Waals surface area (Å²) >= 11 is 2.68. The van der Waals surface area contributed by atoms with E-state index in [0.717, 1.165) is 23.8 Å². The number of imide groups is 1. The summed E-state index contributed by atoms with van der Waals surface area (Å²) in [5.41, 5.74) is 0. The summed E-state index contributed by atoms with van der Waals surface area (Å²) in [6.45, 7) is 0. The Morgan fingerprint density at radius 3 is 2.78 bits per heavy atom. The fourth-order valence-electron chi connectivity index (χ4n) is 2.44. The molecular formula is C15H16N4O2S2. The Bertz CT molecular complexity index is 733. The third-order valence-electron chi connectivity index (χ3n) is 3.88. The largest absolute Gasteiger partial charge is 0.303 e. The quantitative estimate of drug-likeness (QED) is 0.812. The van der Waals surface area contributed by atoms with Crippen LogP contribution in [0.15, 0.2) is 22.7 Å². The van der Waals surface area contributed by atoms with Gasteiger partial charge in [-0.1, -0.05) is 17.8 Å². The fraction of sp³-hybridized carbons (Fsp3) is 0.467. The average molecular weight is 348 g/mol. The van der Waals surface area contributed by atoms with E-state index in [1.807, 2.05) is 5.38 Å². The van der Waals surface area contributed by atoms with E-state index in [1.165, 1.54) is 35.9 Å². The summed E-state index contributed by atoms with van der Waals surface area (Å²) in [5, 5.41) is 13.6. The number of thiophene rings is 1. The number of carbonyl (C=O) groups is 2. The zero-order valence-electron chi connectivity index (χ0n) is 12.4. The number of hydrogen-bond donors (Lipinski definition) is 1. The highest BCUT2D eigenvalue weighted by atomic mass is 32.2. The molecule has 0 aromatic carbocycles. The molecule has 120 valence electrons. The van der Waals surface area contributed by atoms with Crippen molar-refractivity contribution in [3.63, 3.8) is 0 Å². The van der Waals surface area contributed by atoms with Crippen LogP contribution in [-0.4, -0.2) is 32.3 Å². The first-order valence-electron chi connectivity index (χ1n) is 7.67. The molecule has 1 N–H and O–H groups in total.